The molecule has 0 spiro atoms. The van der Waals surface area contributed by atoms with Gasteiger partial charge in [0.2, 0.25) is 0 Å². The molecule has 218 valence electrons. The lowest BCUT2D eigenvalue weighted by molar-refractivity contribution is 0.0676. The molecule has 0 amide bonds. The van der Waals surface area contributed by atoms with Crippen molar-refractivity contribution in [3.8, 4) is 0 Å². The second-order valence-electron chi connectivity index (χ2n) is 8.72. The lowest BCUT2D eigenvalue weighted by Gasteiger charge is -2.16. The van der Waals surface area contributed by atoms with Crippen LogP contribution < -0.4 is 0 Å². The van der Waals surface area contributed by atoms with Gasteiger partial charge in [-0.1, -0.05) is 38.8 Å². The molecule has 0 fully saturated rings. The summed E-state index contributed by atoms with van der Waals surface area (Å²) in [6.07, 6.45) is 3.83. The predicted octanol–water partition coefficient (Wildman–Crippen LogP) is 2.69. The largest absolute Gasteiger partial charge is 0.478 e. The Labute approximate surface area is 226 Å². The van der Waals surface area contributed by atoms with Gasteiger partial charge in [0.05, 0.1) is 35.5 Å². The monoisotopic (exact) mass is 554 g/mol. The van der Waals surface area contributed by atoms with Crippen LogP contribution in [0.4, 0.5) is 0 Å². The summed E-state index contributed by atoms with van der Waals surface area (Å²) >= 11 is 0. The van der Waals surface area contributed by atoms with Gasteiger partial charge in [0.15, 0.2) is 0 Å². The third-order valence-electron chi connectivity index (χ3n) is 4.64. The Kier molecular flexibility index (Phi) is 20.2. The molecule has 0 saturated carbocycles. The van der Waals surface area contributed by atoms with E-state index in [9.17, 15) is 19.2 Å². The summed E-state index contributed by atoms with van der Waals surface area (Å²) in [7, 11) is 0. The van der Waals surface area contributed by atoms with Gasteiger partial charge in [-0.3, -0.25) is 0 Å². The van der Waals surface area contributed by atoms with Gasteiger partial charge in [-0.25, -0.2) is 19.2 Å². The van der Waals surface area contributed by atoms with Gasteiger partial charge in [-0.05, 0) is 49.2 Å². The van der Waals surface area contributed by atoms with Crippen molar-refractivity contribution in [1.29, 1.82) is 0 Å². The Balaban J connectivity index is 0. The highest BCUT2D eigenvalue weighted by molar-refractivity contribution is 5.94. The van der Waals surface area contributed by atoms with Crippen LogP contribution in [0.3, 0.4) is 0 Å². The molecule has 0 aromatic heterocycles. The van der Waals surface area contributed by atoms with Crippen LogP contribution in [0.25, 0.3) is 0 Å². The average molecular weight is 555 g/mol. The molecule has 39 heavy (non-hydrogen) atoms. The summed E-state index contributed by atoms with van der Waals surface area (Å²) in [6, 6.07) is 10.4. The van der Waals surface area contributed by atoms with Crippen molar-refractivity contribution in [1.82, 2.24) is 0 Å². The van der Waals surface area contributed by atoms with Crippen LogP contribution in [0.5, 0.6) is 0 Å². The minimum Gasteiger partial charge on any atom is -0.478 e. The molecular weight excluding hydrogens is 516 g/mol. The van der Waals surface area contributed by atoms with Crippen molar-refractivity contribution in [2.75, 3.05) is 26.4 Å². The topological polar surface area (TPSA) is 230 Å². The molecule has 0 saturated heterocycles. The average Bonchev–Trinajstić information content (AvgIpc) is 2.92. The van der Waals surface area contributed by atoms with E-state index < -0.39 is 23.9 Å². The Morgan fingerprint density at radius 1 is 0.538 bits per heavy atom. The zero-order valence-corrected chi connectivity index (χ0v) is 22.0. The van der Waals surface area contributed by atoms with E-state index in [4.69, 9.17) is 40.9 Å². The van der Waals surface area contributed by atoms with Gasteiger partial charge in [0, 0.05) is 18.6 Å². The van der Waals surface area contributed by atoms with Crippen molar-refractivity contribution in [3.63, 3.8) is 0 Å². The highest BCUT2D eigenvalue weighted by Gasteiger charge is 2.13. The quantitative estimate of drug-likeness (QED) is 0.187. The number of unbranched alkanes of at least 4 members (excludes halogenated alkanes) is 3. The van der Waals surface area contributed by atoms with E-state index in [1.54, 1.807) is 13.8 Å². The molecule has 12 heteroatoms. The van der Waals surface area contributed by atoms with Crippen LogP contribution in [0, 0.1) is 5.41 Å². The van der Waals surface area contributed by atoms with Crippen LogP contribution in [-0.2, 0) is 0 Å². The first-order chi connectivity index (χ1) is 18.3. The van der Waals surface area contributed by atoms with Crippen molar-refractivity contribution in [3.05, 3.63) is 70.8 Å². The number of aromatic carboxylic acids is 4. The molecule has 0 aliphatic carbocycles. The zero-order chi connectivity index (χ0) is 30.4. The normalized spacial score (nSPS) is 9.90. The standard InChI is InChI=1S/2C8H6O4.C6H14O2.C5H12O2/c2*9-7(10)5-2-1-3-6(4-5)8(11)12;7-5-3-1-2-4-6-8;1-5(2,3-6)4-7/h2*1-4H,(H,9,10)(H,11,12);7-8H,1-6H2;6-7H,3-4H2,1-2H3. The number of carbonyl (C=O) groups is 4. The highest BCUT2D eigenvalue weighted by Crippen LogP contribution is 2.10. The maximum atomic E-state index is 10.4. The lowest BCUT2D eigenvalue weighted by atomic mass is 9.97. The number of aliphatic hydroxyl groups excluding tert-OH is 4. The summed E-state index contributed by atoms with van der Waals surface area (Å²) in [5, 5.41) is 67.5. The molecule has 2 rings (SSSR count). The summed E-state index contributed by atoms with van der Waals surface area (Å²) in [6.45, 7) is 4.25. The fourth-order valence-electron chi connectivity index (χ4n) is 2.20. The molecule has 0 unspecified atom stereocenters. The first kappa shape index (κ1) is 37.3. The van der Waals surface area contributed by atoms with Gasteiger partial charge in [0.25, 0.3) is 0 Å². The van der Waals surface area contributed by atoms with Crippen LogP contribution in [0.1, 0.15) is 81.0 Å². The smallest absolute Gasteiger partial charge is 0.335 e. The molecule has 2 aromatic carbocycles. The third-order valence-corrected chi connectivity index (χ3v) is 4.64. The lowest BCUT2D eigenvalue weighted by Crippen LogP contribution is -2.20. The van der Waals surface area contributed by atoms with Crippen LogP contribution in [0.2, 0.25) is 0 Å². The van der Waals surface area contributed by atoms with E-state index in [2.05, 4.69) is 0 Å². The number of hydrogen-bond acceptors (Lipinski definition) is 8. The van der Waals surface area contributed by atoms with E-state index in [0.717, 1.165) is 37.8 Å². The van der Waals surface area contributed by atoms with Gasteiger partial charge in [0.1, 0.15) is 0 Å². The molecule has 8 N–H and O–H groups in total. The second-order valence-corrected chi connectivity index (χ2v) is 8.72. The van der Waals surface area contributed by atoms with Crippen LogP contribution >= 0.6 is 0 Å². The molecule has 0 aliphatic heterocycles. The van der Waals surface area contributed by atoms with Gasteiger partial charge >= 0.3 is 23.9 Å². The van der Waals surface area contributed by atoms with Crippen LogP contribution in [-0.4, -0.2) is 91.2 Å². The SMILES string of the molecule is CC(C)(CO)CO.O=C(O)c1cccc(C(=O)O)c1.O=C(O)c1cccc(C(=O)O)c1.OCCCCCCO. The maximum Gasteiger partial charge on any atom is 0.335 e. The summed E-state index contributed by atoms with van der Waals surface area (Å²) < 4.78 is 0. The Hall–Kier alpha value is -3.84. The third kappa shape index (κ3) is 19.0. The summed E-state index contributed by atoms with van der Waals surface area (Å²) in [5.41, 5.74) is -0.380. The van der Waals surface area contributed by atoms with Crippen molar-refractivity contribution < 1.29 is 60.0 Å². The number of carboxylic acids is 4. The minimum atomic E-state index is -1.13. The molecule has 2 aromatic rings. The van der Waals surface area contributed by atoms with Gasteiger partial charge in [-0.15, -0.1) is 0 Å². The van der Waals surface area contributed by atoms with Crippen LogP contribution in [0.15, 0.2) is 48.5 Å². The van der Waals surface area contributed by atoms with E-state index in [0.29, 0.717) is 0 Å². The Bertz CT molecular complexity index is 879. The first-order valence-corrected chi connectivity index (χ1v) is 11.8. The molecule has 0 heterocycles. The number of carboxylic acid groups (broad SMARTS) is 4. The summed E-state index contributed by atoms with van der Waals surface area (Å²) in [5.74, 6) is -4.51. The molecule has 12 nitrogen and oxygen atoms in total. The number of hydrogen-bond donors (Lipinski definition) is 8. The fourth-order valence-corrected chi connectivity index (χ4v) is 2.20. The van der Waals surface area contributed by atoms with Crippen molar-refractivity contribution in [2.45, 2.75) is 39.5 Å². The number of rotatable bonds is 11. The number of benzene rings is 2. The number of aliphatic hydroxyl groups is 4. The van der Waals surface area contributed by atoms with E-state index in [-0.39, 0.29) is 54.1 Å². The highest BCUT2D eigenvalue weighted by atomic mass is 16.4. The minimum absolute atomic E-state index is 0.0186. The second kappa shape index (κ2) is 21.1. The van der Waals surface area contributed by atoms with Gasteiger partial charge in [-0.2, -0.15) is 0 Å². The maximum absolute atomic E-state index is 10.4. The molecule has 0 atom stereocenters. The molecule has 0 bridgehead atoms. The Morgan fingerprint density at radius 3 is 0.949 bits per heavy atom. The summed E-state index contributed by atoms with van der Waals surface area (Å²) in [4.78, 5) is 41.5. The molecular formula is C27H38O12. The van der Waals surface area contributed by atoms with E-state index in [1.165, 1.54) is 36.4 Å². The van der Waals surface area contributed by atoms with Gasteiger partial charge < -0.3 is 40.9 Å². The predicted molar refractivity (Wildman–Crippen MR) is 141 cm³/mol. The Morgan fingerprint density at radius 2 is 0.795 bits per heavy atom. The van der Waals surface area contributed by atoms with E-state index in [1.807, 2.05) is 0 Å². The van der Waals surface area contributed by atoms with Crippen molar-refractivity contribution >= 4 is 23.9 Å². The zero-order valence-electron chi connectivity index (χ0n) is 22.0. The van der Waals surface area contributed by atoms with Crippen molar-refractivity contribution in [2.24, 2.45) is 5.41 Å². The molecule has 0 radical (unpaired) electrons. The molecule has 0 aliphatic rings. The fraction of sp³-hybridized carbons (Fsp3) is 0.407. The first-order valence-electron chi connectivity index (χ1n) is 11.8. The van der Waals surface area contributed by atoms with E-state index >= 15 is 0 Å².